The zero-order chi connectivity index (χ0) is 37.3. The van der Waals surface area contributed by atoms with Gasteiger partial charge < -0.3 is 24.3 Å². The second kappa shape index (κ2) is 15.2. The molecule has 53 heavy (non-hydrogen) atoms. The number of aromatic nitrogens is 5. The fourth-order valence-electron chi connectivity index (χ4n) is 8.11. The zero-order valence-electron chi connectivity index (χ0n) is 31.0. The van der Waals surface area contributed by atoms with Gasteiger partial charge in [-0.05, 0) is 69.9 Å². The molecule has 4 aromatic rings. The van der Waals surface area contributed by atoms with E-state index in [2.05, 4.69) is 31.6 Å². The van der Waals surface area contributed by atoms with Gasteiger partial charge in [0.05, 0.1) is 31.0 Å². The van der Waals surface area contributed by atoms with Gasteiger partial charge in [-0.15, -0.1) is 0 Å². The van der Waals surface area contributed by atoms with Gasteiger partial charge in [0, 0.05) is 87.3 Å². The number of fused-ring (bicyclic) bond motifs is 1. The predicted molar refractivity (Wildman–Crippen MR) is 198 cm³/mol. The number of carbonyl (C=O) groups is 1. The van der Waals surface area contributed by atoms with Crippen molar-refractivity contribution in [2.24, 2.45) is 5.41 Å². The van der Waals surface area contributed by atoms with Crippen LogP contribution in [-0.2, 0) is 20.4 Å². The van der Waals surface area contributed by atoms with E-state index < -0.39 is 11.9 Å². The van der Waals surface area contributed by atoms with Gasteiger partial charge in [-0.2, -0.15) is 13.2 Å². The molecule has 2 aliphatic carbocycles. The van der Waals surface area contributed by atoms with Gasteiger partial charge in [0.15, 0.2) is 5.65 Å². The van der Waals surface area contributed by atoms with E-state index in [0.29, 0.717) is 60.1 Å². The second-order valence-corrected chi connectivity index (χ2v) is 15.0. The summed E-state index contributed by atoms with van der Waals surface area (Å²) in [6.45, 7) is 8.79. The quantitative estimate of drug-likeness (QED) is 0.143. The maximum Gasteiger partial charge on any atom is 0.433 e. The monoisotopic (exact) mass is 734 g/mol. The fourth-order valence-corrected chi connectivity index (χ4v) is 8.11. The molecule has 0 amide bonds. The lowest BCUT2D eigenvalue weighted by Crippen LogP contribution is -2.52. The van der Waals surface area contributed by atoms with E-state index in [1.807, 2.05) is 32.2 Å². The number of piperazine rings is 1. The van der Waals surface area contributed by atoms with Crippen LogP contribution in [0.3, 0.4) is 0 Å². The Bertz CT molecular complexity index is 1910. The first kappa shape index (κ1) is 37.0. The molecular formula is C39H49F3N8O3. The molecular weight excluding hydrogens is 685 g/mol. The maximum atomic E-state index is 14.1. The highest BCUT2D eigenvalue weighted by Gasteiger charge is 2.37. The number of hydrogen-bond acceptors (Lipinski definition) is 10. The molecule has 1 aliphatic heterocycles. The molecule has 1 N–H and O–H groups in total. The number of H-pyrrole nitrogens is 1. The number of carbonyl (C=O) groups excluding carboxylic acids is 1. The lowest BCUT2D eigenvalue weighted by Gasteiger charge is -2.40. The lowest BCUT2D eigenvalue weighted by atomic mass is 9.86. The van der Waals surface area contributed by atoms with Gasteiger partial charge >= 0.3 is 12.1 Å². The van der Waals surface area contributed by atoms with Gasteiger partial charge in [-0.25, -0.2) is 19.9 Å². The Kier molecular flexibility index (Phi) is 10.6. The van der Waals surface area contributed by atoms with Crippen LogP contribution < -0.4 is 9.80 Å². The molecule has 0 radical (unpaired) electrons. The molecule has 0 aromatic carbocycles. The molecule has 0 unspecified atom stereocenters. The molecule has 3 aliphatic rings. The summed E-state index contributed by atoms with van der Waals surface area (Å²) in [6.07, 6.45) is 3.62. The van der Waals surface area contributed by atoms with E-state index in [-0.39, 0.29) is 23.3 Å². The number of methoxy groups -OCH3 is 1. The summed E-state index contributed by atoms with van der Waals surface area (Å²) >= 11 is 0. The molecule has 284 valence electrons. The third-order valence-electron chi connectivity index (χ3n) is 10.9. The Balaban J connectivity index is 1.19. The first-order valence-corrected chi connectivity index (χ1v) is 18.8. The first-order chi connectivity index (χ1) is 25.4. The van der Waals surface area contributed by atoms with Crippen LogP contribution in [0.2, 0.25) is 0 Å². The Morgan fingerprint density at radius 3 is 2.53 bits per heavy atom. The normalized spacial score (nSPS) is 19.2. The van der Waals surface area contributed by atoms with Crippen LogP contribution >= 0.6 is 0 Å². The van der Waals surface area contributed by atoms with Gasteiger partial charge in [0.2, 0.25) is 0 Å². The average molecular weight is 735 g/mol. The van der Waals surface area contributed by atoms with Crippen LogP contribution in [0.1, 0.15) is 76.1 Å². The van der Waals surface area contributed by atoms with Crippen molar-refractivity contribution >= 4 is 28.6 Å². The summed E-state index contributed by atoms with van der Waals surface area (Å²) in [5.41, 5.74) is 3.04. The fraction of sp³-hybridized carbons (Fsp3) is 0.564. The van der Waals surface area contributed by atoms with E-state index in [9.17, 15) is 18.0 Å². The van der Waals surface area contributed by atoms with Crippen LogP contribution in [0, 0.1) is 5.41 Å². The molecule has 1 atom stereocenters. The van der Waals surface area contributed by atoms with E-state index in [1.54, 1.807) is 19.4 Å². The first-order valence-electron chi connectivity index (χ1n) is 18.8. The number of esters is 1. The summed E-state index contributed by atoms with van der Waals surface area (Å²) in [5, 5.41) is 0. The molecule has 0 bridgehead atoms. The van der Waals surface area contributed by atoms with Crippen LogP contribution in [0.15, 0.2) is 36.5 Å². The molecule has 7 rings (SSSR count). The van der Waals surface area contributed by atoms with Crippen molar-refractivity contribution in [3.8, 4) is 22.6 Å². The summed E-state index contributed by atoms with van der Waals surface area (Å²) in [6, 6.07) is 8.90. The van der Waals surface area contributed by atoms with Gasteiger partial charge in [0.1, 0.15) is 22.9 Å². The third-order valence-corrected chi connectivity index (χ3v) is 10.9. The standard InChI is InChI=1S/C39H49F3N8O3/c1-5-53-34(51)12-15-49-16-17-50(25(2)22-49)33-11-10-27(21-43-33)36-46-35-31(48(3)23-38(24-52-4)13-6-7-14-38)20-30(45-37(35)47-36)28-18-29(26-8-9-26)44-32(19-28)39(40,41)42/h10-11,18-21,25-26H,5-9,12-17,22-24H2,1-4H3,(H,45,46,47)/t25-/m1/s1. The number of ether oxygens (including phenoxy) is 2. The Labute approximate surface area is 308 Å². The smallest absolute Gasteiger partial charge is 0.433 e. The molecule has 14 heteroatoms. The van der Waals surface area contributed by atoms with Crippen molar-refractivity contribution in [3.05, 3.63) is 47.9 Å². The van der Waals surface area contributed by atoms with Crippen LogP contribution in [-0.4, -0.2) is 102 Å². The highest BCUT2D eigenvalue weighted by atomic mass is 19.4. The number of pyridine rings is 3. The number of nitrogens with zero attached hydrogens (tertiary/aromatic N) is 7. The van der Waals surface area contributed by atoms with Crippen molar-refractivity contribution in [1.29, 1.82) is 0 Å². The molecule has 0 spiro atoms. The second-order valence-electron chi connectivity index (χ2n) is 15.0. The minimum Gasteiger partial charge on any atom is -0.466 e. The number of nitrogens with one attached hydrogen (secondary N) is 1. The Hall–Kier alpha value is -4.30. The number of aromatic amines is 1. The highest BCUT2D eigenvalue weighted by molar-refractivity contribution is 5.91. The molecule has 11 nitrogen and oxygen atoms in total. The van der Waals surface area contributed by atoms with Crippen LogP contribution in [0.25, 0.3) is 33.8 Å². The maximum absolute atomic E-state index is 14.1. The minimum atomic E-state index is -4.58. The summed E-state index contributed by atoms with van der Waals surface area (Å²) in [4.78, 5) is 40.6. The molecule has 4 aromatic heterocycles. The Morgan fingerprint density at radius 2 is 1.87 bits per heavy atom. The summed E-state index contributed by atoms with van der Waals surface area (Å²) < 4.78 is 53.0. The van der Waals surface area contributed by atoms with Crippen molar-refractivity contribution in [2.45, 2.75) is 76.9 Å². The molecule has 2 saturated carbocycles. The van der Waals surface area contributed by atoms with Gasteiger partial charge in [-0.3, -0.25) is 9.69 Å². The van der Waals surface area contributed by atoms with Crippen LogP contribution in [0.4, 0.5) is 24.7 Å². The molecule has 5 heterocycles. The minimum absolute atomic E-state index is 0.0232. The van der Waals surface area contributed by atoms with Crippen molar-refractivity contribution in [2.75, 3.05) is 69.9 Å². The van der Waals surface area contributed by atoms with E-state index in [1.165, 1.54) is 0 Å². The zero-order valence-corrected chi connectivity index (χ0v) is 31.0. The third kappa shape index (κ3) is 8.28. The van der Waals surface area contributed by atoms with Crippen molar-refractivity contribution in [1.82, 2.24) is 29.8 Å². The van der Waals surface area contributed by atoms with Crippen molar-refractivity contribution < 1.29 is 27.4 Å². The topological polar surface area (TPSA) is 113 Å². The number of anilines is 2. The van der Waals surface area contributed by atoms with E-state index >= 15 is 0 Å². The largest absolute Gasteiger partial charge is 0.466 e. The average Bonchev–Trinajstić information content (AvgIpc) is 3.75. The Morgan fingerprint density at radius 1 is 1.08 bits per heavy atom. The molecule has 3 fully saturated rings. The number of halogens is 3. The molecule has 1 saturated heterocycles. The predicted octanol–water partition coefficient (Wildman–Crippen LogP) is 7.08. The number of hydrogen-bond donors (Lipinski definition) is 1. The number of imidazole rings is 1. The van der Waals surface area contributed by atoms with Crippen LogP contribution in [0.5, 0.6) is 0 Å². The van der Waals surface area contributed by atoms with Crippen molar-refractivity contribution in [3.63, 3.8) is 0 Å². The summed E-state index contributed by atoms with van der Waals surface area (Å²) in [5.74, 6) is 1.30. The lowest BCUT2D eigenvalue weighted by molar-refractivity contribution is -0.143. The van der Waals surface area contributed by atoms with Gasteiger partial charge in [-0.1, -0.05) is 12.8 Å². The highest BCUT2D eigenvalue weighted by Crippen LogP contribution is 2.44. The van der Waals surface area contributed by atoms with E-state index in [4.69, 9.17) is 24.4 Å². The van der Waals surface area contributed by atoms with Gasteiger partial charge in [0.25, 0.3) is 0 Å². The SMILES string of the molecule is CCOC(=O)CCN1CCN(c2ccc(-c3nc4nc(-c5cc(C6CC6)nc(C(F)(F)F)c5)cc(N(C)CC5(COC)CCCC5)c4[nH]3)cn2)[C@H](C)C1. The van der Waals surface area contributed by atoms with E-state index in [0.717, 1.165) is 87.8 Å². The number of rotatable bonds is 13. The summed E-state index contributed by atoms with van der Waals surface area (Å²) in [7, 11) is 3.75. The number of alkyl halides is 3.